The maximum absolute atomic E-state index is 6.21. The normalized spacial score (nSPS) is 12.4. The number of hydrogen-bond acceptors (Lipinski definition) is 4. The Bertz CT molecular complexity index is 374. The Morgan fingerprint density at radius 1 is 1.32 bits per heavy atom. The minimum Gasteiger partial charge on any atom is -0.491 e. The fourth-order valence-corrected chi connectivity index (χ4v) is 1.74. The minimum atomic E-state index is 0.0493. The van der Waals surface area contributed by atoms with Gasteiger partial charge in [-0.15, -0.1) is 0 Å². The molecule has 1 aromatic rings. The molecular weight excluding hydrogens is 266 g/mol. The second-order valence-electron chi connectivity index (χ2n) is 4.24. The van der Waals surface area contributed by atoms with E-state index in [0.717, 1.165) is 17.9 Å². The molecule has 0 radical (unpaired) electrons. The van der Waals surface area contributed by atoms with Gasteiger partial charge in [-0.2, -0.15) is 0 Å². The molecule has 0 bridgehead atoms. The first-order valence-electron chi connectivity index (χ1n) is 6.31. The lowest BCUT2D eigenvalue weighted by molar-refractivity contribution is 0.0712. The molecule has 108 valence electrons. The molecule has 0 saturated carbocycles. The first kappa shape index (κ1) is 16.2. The van der Waals surface area contributed by atoms with Gasteiger partial charge in [0.2, 0.25) is 0 Å². The van der Waals surface area contributed by atoms with Crippen molar-refractivity contribution < 1.29 is 14.2 Å². The molecule has 0 aliphatic rings. The molecule has 5 heteroatoms. The molecule has 4 nitrogen and oxygen atoms in total. The zero-order valence-corrected chi connectivity index (χ0v) is 12.5. The van der Waals surface area contributed by atoms with Gasteiger partial charge in [0.05, 0.1) is 12.7 Å². The first-order chi connectivity index (χ1) is 9.19. The van der Waals surface area contributed by atoms with Gasteiger partial charge in [0.15, 0.2) is 0 Å². The van der Waals surface area contributed by atoms with Crippen LogP contribution in [0.5, 0.6) is 5.75 Å². The van der Waals surface area contributed by atoms with Gasteiger partial charge in [-0.25, -0.2) is 0 Å². The predicted octanol–water partition coefficient (Wildman–Crippen LogP) is 2.49. The van der Waals surface area contributed by atoms with Crippen molar-refractivity contribution in [3.63, 3.8) is 0 Å². The van der Waals surface area contributed by atoms with Gasteiger partial charge in [-0.3, -0.25) is 0 Å². The zero-order chi connectivity index (χ0) is 14.1. The van der Waals surface area contributed by atoms with Crippen molar-refractivity contribution in [3.05, 3.63) is 28.8 Å². The van der Waals surface area contributed by atoms with Crippen LogP contribution in [0.4, 0.5) is 0 Å². The third kappa shape index (κ3) is 5.78. The first-order valence-corrected chi connectivity index (χ1v) is 6.69. The Hall–Kier alpha value is -0.810. The lowest BCUT2D eigenvalue weighted by Crippen LogP contribution is -2.20. The molecule has 0 spiro atoms. The third-order valence-corrected chi connectivity index (χ3v) is 3.09. The fraction of sp³-hybridized carbons (Fsp3) is 0.571. The highest BCUT2D eigenvalue weighted by atomic mass is 35.5. The van der Waals surface area contributed by atoms with Gasteiger partial charge >= 0.3 is 0 Å². The van der Waals surface area contributed by atoms with E-state index in [2.05, 4.69) is 5.32 Å². The molecule has 0 amide bonds. The second-order valence-corrected chi connectivity index (χ2v) is 4.65. The van der Waals surface area contributed by atoms with Gasteiger partial charge in [-0.1, -0.05) is 17.7 Å². The summed E-state index contributed by atoms with van der Waals surface area (Å²) in [6.07, 6.45) is 0.0493. The molecule has 1 atom stereocenters. The van der Waals surface area contributed by atoms with Crippen LogP contribution >= 0.6 is 11.6 Å². The Kier molecular flexibility index (Phi) is 7.82. The van der Waals surface area contributed by atoms with E-state index >= 15 is 0 Å². The van der Waals surface area contributed by atoms with Crippen LogP contribution in [0.1, 0.15) is 12.5 Å². The van der Waals surface area contributed by atoms with E-state index in [1.54, 1.807) is 14.2 Å². The Labute approximate surface area is 120 Å². The van der Waals surface area contributed by atoms with Crippen molar-refractivity contribution in [1.82, 2.24) is 5.32 Å². The Morgan fingerprint density at radius 2 is 2.11 bits per heavy atom. The van der Waals surface area contributed by atoms with Gasteiger partial charge in [0.25, 0.3) is 0 Å². The quantitative estimate of drug-likeness (QED) is 0.709. The highest BCUT2D eigenvalue weighted by molar-refractivity contribution is 6.31. The molecule has 0 aliphatic carbocycles. The SMILES string of the molecule is COCCNCc1c(Cl)cccc1OCC(C)OC. The van der Waals surface area contributed by atoms with E-state index in [1.165, 1.54) is 0 Å². The van der Waals surface area contributed by atoms with Gasteiger partial charge in [0, 0.05) is 37.9 Å². The smallest absolute Gasteiger partial charge is 0.125 e. The van der Waals surface area contributed by atoms with E-state index in [0.29, 0.717) is 24.8 Å². The van der Waals surface area contributed by atoms with Crippen molar-refractivity contribution in [2.45, 2.75) is 19.6 Å². The van der Waals surface area contributed by atoms with E-state index in [1.807, 2.05) is 25.1 Å². The molecule has 0 saturated heterocycles. The highest BCUT2D eigenvalue weighted by Crippen LogP contribution is 2.26. The molecule has 1 unspecified atom stereocenters. The third-order valence-electron chi connectivity index (χ3n) is 2.74. The van der Waals surface area contributed by atoms with Crippen LogP contribution in [-0.4, -0.2) is 40.1 Å². The van der Waals surface area contributed by atoms with Crippen molar-refractivity contribution in [2.75, 3.05) is 34.0 Å². The van der Waals surface area contributed by atoms with Crippen LogP contribution in [0.15, 0.2) is 18.2 Å². The maximum Gasteiger partial charge on any atom is 0.125 e. The van der Waals surface area contributed by atoms with Crippen LogP contribution in [0.25, 0.3) is 0 Å². The number of nitrogens with one attached hydrogen (secondary N) is 1. The largest absolute Gasteiger partial charge is 0.491 e. The minimum absolute atomic E-state index is 0.0493. The lowest BCUT2D eigenvalue weighted by atomic mass is 10.2. The topological polar surface area (TPSA) is 39.7 Å². The summed E-state index contributed by atoms with van der Waals surface area (Å²) in [6, 6.07) is 5.66. The summed E-state index contributed by atoms with van der Waals surface area (Å²) in [5.41, 5.74) is 0.962. The number of rotatable bonds is 9. The van der Waals surface area contributed by atoms with Crippen LogP contribution in [-0.2, 0) is 16.0 Å². The van der Waals surface area contributed by atoms with Crippen LogP contribution in [0.2, 0.25) is 5.02 Å². The Morgan fingerprint density at radius 3 is 2.79 bits per heavy atom. The number of methoxy groups -OCH3 is 2. The highest BCUT2D eigenvalue weighted by Gasteiger charge is 2.09. The fourth-order valence-electron chi connectivity index (χ4n) is 1.51. The van der Waals surface area contributed by atoms with Crippen LogP contribution < -0.4 is 10.1 Å². The molecule has 0 fully saturated rings. The summed E-state index contributed by atoms with van der Waals surface area (Å²) in [7, 11) is 3.34. The predicted molar refractivity (Wildman–Crippen MR) is 77.0 cm³/mol. The summed E-state index contributed by atoms with van der Waals surface area (Å²) in [5.74, 6) is 0.793. The summed E-state index contributed by atoms with van der Waals surface area (Å²) >= 11 is 6.21. The Balaban J connectivity index is 2.61. The molecular formula is C14H22ClNO3. The zero-order valence-electron chi connectivity index (χ0n) is 11.7. The second kappa shape index (κ2) is 9.15. The lowest BCUT2D eigenvalue weighted by Gasteiger charge is -2.16. The van der Waals surface area contributed by atoms with Crippen molar-refractivity contribution >= 4 is 11.6 Å². The van der Waals surface area contributed by atoms with E-state index in [9.17, 15) is 0 Å². The molecule has 0 heterocycles. The molecule has 1 aromatic carbocycles. The maximum atomic E-state index is 6.21. The van der Waals surface area contributed by atoms with E-state index in [-0.39, 0.29) is 6.10 Å². The molecule has 0 aliphatic heterocycles. The molecule has 0 aromatic heterocycles. The van der Waals surface area contributed by atoms with Crippen LogP contribution in [0.3, 0.4) is 0 Å². The average Bonchev–Trinajstić information content (AvgIpc) is 2.42. The summed E-state index contributed by atoms with van der Waals surface area (Å²) in [4.78, 5) is 0. The molecule has 19 heavy (non-hydrogen) atoms. The number of hydrogen-bond donors (Lipinski definition) is 1. The van der Waals surface area contributed by atoms with Gasteiger partial charge in [-0.05, 0) is 19.1 Å². The average molecular weight is 288 g/mol. The standard InChI is InChI=1S/C14H22ClNO3/c1-11(18-3)10-19-14-6-4-5-13(15)12(14)9-16-7-8-17-2/h4-6,11,16H,7-10H2,1-3H3. The van der Waals surface area contributed by atoms with Crippen molar-refractivity contribution in [1.29, 1.82) is 0 Å². The van der Waals surface area contributed by atoms with Gasteiger partial charge in [0.1, 0.15) is 12.4 Å². The van der Waals surface area contributed by atoms with E-state index in [4.69, 9.17) is 25.8 Å². The van der Waals surface area contributed by atoms with Gasteiger partial charge < -0.3 is 19.5 Å². The van der Waals surface area contributed by atoms with Crippen molar-refractivity contribution in [2.24, 2.45) is 0 Å². The summed E-state index contributed by atoms with van der Waals surface area (Å²) in [6.45, 7) is 4.56. The number of halogens is 1. The van der Waals surface area contributed by atoms with Crippen LogP contribution in [0, 0.1) is 0 Å². The molecule has 1 rings (SSSR count). The number of benzene rings is 1. The van der Waals surface area contributed by atoms with Crippen molar-refractivity contribution in [3.8, 4) is 5.75 Å². The summed E-state index contributed by atoms with van der Waals surface area (Å²) in [5, 5.41) is 3.97. The molecule has 1 N–H and O–H groups in total. The van der Waals surface area contributed by atoms with E-state index < -0.39 is 0 Å². The monoisotopic (exact) mass is 287 g/mol. The number of ether oxygens (including phenoxy) is 3. The summed E-state index contributed by atoms with van der Waals surface area (Å²) < 4.78 is 15.9.